The molecule has 0 saturated carbocycles. The van der Waals surface area contributed by atoms with E-state index in [4.69, 9.17) is 5.73 Å². The number of amides is 3. The van der Waals surface area contributed by atoms with E-state index in [0.717, 1.165) is 0 Å². The molecule has 3 amide bonds. The van der Waals surface area contributed by atoms with Crippen LogP contribution in [0.15, 0.2) is 36.4 Å². The highest BCUT2D eigenvalue weighted by Crippen LogP contribution is 2.10. The minimum absolute atomic E-state index is 0.0450. The molecule has 4 N–H and O–H groups in total. The third-order valence-electron chi connectivity index (χ3n) is 3.29. The van der Waals surface area contributed by atoms with Crippen LogP contribution in [-0.2, 0) is 20.8 Å². The van der Waals surface area contributed by atoms with Gasteiger partial charge >= 0.3 is 0 Å². The van der Waals surface area contributed by atoms with Gasteiger partial charge in [-0.15, -0.1) is 6.58 Å². The molecule has 0 bridgehead atoms. The fourth-order valence-electron chi connectivity index (χ4n) is 2.18. The Morgan fingerprint density at radius 2 is 1.79 bits per heavy atom. The Morgan fingerprint density at radius 1 is 1.17 bits per heavy atom. The van der Waals surface area contributed by atoms with Crippen LogP contribution < -0.4 is 16.4 Å². The number of nitrogens with two attached hydrogens (primary N) is 1. The number of hydrogen-bond acceptors (Lipinski definition) is 3. The van der Waals surface area contributed by atoms with E-state index >= 15 is 0 Å². The average Bonchev–Trinajstić information content (AvgIpc) is 2.47. The van der Waals surface area contributed by atoms with Crippen LogP contribution in [0.25, 0.3) is 0 Å². The molecular weight excluding hydrogens is 313 g/mol. The number of halogens is 1. The van der Waals surface area contributed by atoms with Crippen LogP contribution >= 0.6 is 0 Å². The first-order chi connectivity index (χ1) is 11.2. The lowest BCUT2D eigenvalue weighted by atomic mass is 10.0. The predicted octanol–water partition coefficient (Wildman–Crippen LogP) is 0.809. The second-order valence-corrected chi connectivity index (χ2v) is 5.67. The second-order valence-electron chi connectivity index (χ2n) is 5.67. The van der Waals surface area contributed by atoms with Crippen molar-refractivity contribution in [2.75, 3.05) is 0 Å². The highest BCUT2D eigenvalue weighted by atomic mass is 19.1. The molecule has 0 unspecified atom stereocenters. The minimum atomic E-state index is -1.02. The number of benzene rings is 1. The number of carbonyl (C=O) groups excluding carboxylic acids is 3. The van der Waals surface area contributed by atoms with Gasteiger partial charge in [0.25, 0.3) is 0 Å². The molecule has 2 atom stereocenters. The summed E-state index contributed by atoms with van der Waals surface area (Å²) in [5.74, 6) is -2.24. The lowest BCUT2D eigenvalue weighted by molar-refractivity contribution is -0.130. The first-order valence-corrected chi connectivity index (χ1v) is 7.45. The molecule has 130 valence electrons. The maximum Gasteiger partial charge on any atom is 0.243 e. The molecule has 0 heterocycles. The zero-order valence-electron chi connectivity index (χ0n) is 13.8. The Labute approximate surface area is 140 Å². The maximum atomic E-state index is 13.8. The number of hydrogen-bond donors (Lipinski definition) is 3. The van der Waals surface area contributed by atoms with Crippen molar-refractivity contribution in [1.29, 1.82) is 0 Å². The fraction of sp³-hybridized carbons (Fsp3) is 0.353. The van der Waals surface area contributed by atoms with Crippen molar-refractivity contribution in [1.82, 2.24) is 10.6 Å². The Balaban J connectivity index is 2.92. The van der Waals surface area contributed by atoms with Crippen LogP contribution in [0.2, 0.25) is 0 Å². The van der Waals surface area contributed by atoms with E-state index in [1.807, 2.05) is 0 Å². The molecule has 1 rings (SSSR count). The molecule has 7 heteroatoms. The van der Waals surface area contributed by atoms with Crippen LogP contribution in [0.3, 0.4) is 0 Å². The Kier molecular flexibility index (Phi) is 7.10. The van der Waals surface area contributed by atoms with Gasteiger partial charge in [0.15, 0.2) is 0 Å². The number of rotatable bonds is 8. The maximum absolute atomic E-state index is 13.8. The van der Waals surface area contributed by atoms with Crippen molar-refractivity contribution in [2.45, 2.75) is 38.8 Å². The fourth-order valence-corrected chi connectivity index (χ4v) is 2.18. The van der Waals surface area contributed by atoms with Gasteiger partial charge < -0.3 is 16.4 Å². The molecule has 0 aliphatic carbocycles. The molecule has 0 aromatic heterocycles. The van der Waals surface area contributed by atoms with Crippen molar-refractivity contribution in [3.05, 3.63) is 47.8 Å². The van der Waals surface area contributed by atoms with Crippen molar-refractivity contribution in [2.24, 2.45) is 5.73 Å². The van der Waals surface area contributed by atoms with Gasteiger partial charge in [0.2, 0.25) is 17.7 Å². The topological polar surface area (TPSA) is 101 Å². The monoisotopic (exact) mass is 335 g/mol. The summed E-state index contributed by atoms with van der Waals surface area (Å²) in [5, 5.41) is 4.94. The third kappa shape index (κ3) is 6.20. The van der Waals surface area contributed by atoms with E-state index in [0.29, 0.717) is 5.57 Å². The summed E-state index contributed by atoms with van der Waals surface area (Å²) in [6.45, 7) is 6.63. The molecule has 0 aliphatic heterocycles. The molecule has 24 heavy (non-hydrogen) atoms. The summed E-state index contributed by atoms with van der Waals surface area (Å²) in [4.78, 5) is 35.2. The second kappa shape index (κ2) is 8.81. The van der Waals surface area contributed by atoms with Gasteiger partial charge in [0.1, 0.15) is 17.9 Å². The summed E-state index contributed by atoms with van der Waals surface area (Å²) in [7, 11) is 0. The zero-order valence-corrected chi connectivity index (χ0v) is 13.8. The highest BCUT2D eigenvalue weighted by molar-refractivity contribution is 5.91. The largest absolute Gasteiger partial charge is 0.368 e. The Morgan fingerprint density at radius 3 is 2.29 bits per heavy atom. The van der Waals surface area contributed by atoms with Gasteiger partial charge in [-0.25, -0.2) is 4.39 Å². The quantitative estimate of drug-likeness (QED) is 0.613. The summed E-state index contributed by atoms with van der Waals surface area (Å²) < 4.78 is 13.8. The number of nitrogens with one attached hydrogen (secondary N) is 2. The first-order valence-electron chi connectivity index (χ1n) is 7.45. The van der Waals surface area contributed by atoms with Crippen molar-refractivity contribution in [3.63, 3.8) is 0 Å². The van der Waals surface area contributed by atoms with Gasteiger partial charge in [-0.05, 0) is 25.0 Å². The van der Waals surface area contributed by atoms with Gasteiger partial charge in [0, 0.05) is 13.3 Å². The van der Waals surface area contributed by atoms with Gasteiger partial charge in [-0.2, -0.15) is 0 Å². The SMILES string of the molecule is C=C(C)C[C@@H](NC(=O)[C@@H](Cc1ccccc1F)NC(C)=O)C(N)=O. The predicted molar refractivity (Wildman–Crippen MR) is 88.3 cm³/mol. The van der Waals surface area contributed by atoms with E-state index in [9.17, 15) is 18.8 Å². The standard InChI is InChI=1S/C17H22FN3O3/c1-10(2)8-14(16(19)23)21-17(24)15(20-11(3)22)9-12-6-4-5-7-13(12)18/h4-7,14-15H,1,8-9H2,2-3H3,(H2,19,23)(H,20,22)(H,21,24)/t14-,15-/m1/s1. The molecule has 0 saturated heterocycles. The van der Waals surface area contributed by atoms with Gasteiger partial charge in [-0.1, -0.05) is 23.8 Å². The summed E-state index contributed by atoms with van der Waals surface area (Å²) in [6, 6.07) is 4.00. The summed E-state index contributed by atoms with van der Waals surface area (Å²) in [5.41, 5.74) is 6.22. The molecule has 1 aromatic carbocycles. The Hall–Kier alpha value is -2.70. The molecule has 1 aromatic rings. The van der Waals surface area contributed by atoms with Crippen molar-refractivity contribution < 1.29 is 18.8 Å². The van der Waals surface area contributed by atoms with E-state index < -0.39 is 35.6 Å². The summed E-state index contributed by atoms with van der Waals surface area (Å²) >= 11 is 0. The Bertz CT molecular complexity index is 646. The van der Waals surface area contributed by atoms with Crippen LogP contribution in [-0.4, -0.2) is 29.8 Å². The zero-order chi connectivity index (χ0) is 18.3. The van der Waals surface area contributed by atoms with Crippen molar-refractivity contribution >= 4 is 17.7 Å². The smallest absolute Gasteiger partial charge is 0.243 e. The van der Waals surface area contributed by atoms with Crippen molar-refractivity contribution in [3.8, 4) is 0 Å². The normalized spacial score (nSPS) is 12.8. The molecular formula is C17H22FN3O3. The molecule has 6 nitrogen and oxygen atoms in total. The molecule has 0 radical (unpaired) electrons. The number of primary amides is 1. The van der Waals surface area contributed by atoms with Crippen LogP contribution in [0.4, 0.5) is 4.39 Å². The molecule has 0 fully saturated rings. The van der Waals surface area contributed by atoms with E-state index in [1.165, 1.54) is 25.1 Å². The minimum Gasteiger partial charge on any atom is -0.368 e. The van der Waals surface area contributed by atoms with Crippen LogP contribution in [0.1, 0.15) is 25.8 Å². The molecule has 0 aliphatic rings. The van der Waals surface area contributed by atoms with Crippen LogP contribution in [0, 0.1) is 5.82 Å². The third-order valence-corrected chi connectivity index (χ3v) is 3.29. The van der Waals surface area contributed by atoms with E-state index in [-0.39, 0.29) is 18.4 Å². The number of carbonyl (C=O) groups is 3. The lowest BCUT2D eigenvalue weighted by Crippen LogP contribution is -2.53. The lowest BCUT2D eigenvalue weighted by Gasteiger charge is -2.22. The van der Waals surface area contributed by atoms with Gasteiger partial charge in [-0.3, -0.25) is 14.4 Å². The first kappa shape index (κ1) is 19.3. The summed E-state index contributed by atoms with van der Waals surface area (Å²) in [6.07, 6.45) is 0.143. The average molecular weight is 335 g/mol. The highest BCUT2D eigenvalue weighted by Gasteiger charge is 2.25. The van der Waals surface area contributed by atoms with E-state index in [1.54, 1.807) is 13.0 Å². The van der Waals surface area contributed by atoms with E-state index in [2.05, 4.69) is 17.2 Å². The van der Waals surface area contributed by atoms with Crippen LogP contribution in [0.5, 0.6) is 0 Å². The molecule has 0 spiro atoms. The van der Waals surface area contributed by atoms with Gasteiger partial charge in [0.05, 0.1) is 0 Å².